The van der Waals surface area contributed by atoms with Gasteiger partial charge in [0.05, 0.1) is 18.8 Å². The van der Waals surface area contributed by atoms with Crippen LogP contribution in [-0.2, 0) is 4.79 Å². The molecule has 1 aromatic carbocycles. The Balaban J connectivity index is 0. The lowest BCUT2D eigenvalue weighted by Gasteiger charge is -2.30. The molecule has 0 aromatic heterocycles. The first-order chi connectivity index (χ1) is 16.8. The van der Waals surface area contributed by atoms with E-state index >= 15 is 0 Å². The molecule has 1 aromatic rings. The third kappa shape index (κ3) is 18.8. The topological polar surface area (TPSA) is 102 Å². The highest BCUT2D eigenvalue weighted by Crippen LogP contribution is 2.26. The van der Waals surface area contributed by atoms with Gasteiger partial charge in [0.1, 0.15) is 5.75 Å². The summed E-state index contributed by atoms with van der Waals surface area (Å²) in [5.74, 6) is 0.0153. The van der Waals surface area contributed by atoms with Gasteiger partial charge in [0, 0.05) is 34.8 Å². The van der Waals surface area contributed by atoms with Gasteiger partial charge in [0.2, 0.25) is 0 Å². The number of nitrogens with zero attached hydrogens (tertiary/aromatic N) is 2. The summed E-state index contributed by atoms with van der Waals surface area (Å²) in [4.78, 5) is 23.7. The van der Waals surface area contributed by atoms with Crippen molar-refractivity contribution in [2.45, 2.75) is 85.2 Å². The maximum absolute atomic E-state index is 11.8. The average Bonchev–Trinajstić information content (AvgIpc) is 2.80. The van der Waals surface area contributed by atoms with Gasteiger partial charge in [-0.3, -0.25) is 9.59 Å². The molecule has 0 saturated heterocycles. The molecule has 11 heteroatoms. The highest BCUT2D eigenvalue weighted by atomic mass is 127. The molecule has 0 saturated carbocycles. The van der Waals surface area contributed by atoms with Gasteiger partial charge in [-0.05, 0) is 91.4 Å². The Kier molecular flexibility index (Phi) is 23.6. The number of hydrogen-bond acceptors (Lipinski definition) is 5. The molecule has 1 amide bonds. The Morgan fingerprint density at radius 1 is 1.11 bits per heavy atom. The number of phenolic OH excluding ortho intramolecular Hbond substituents is 1. The van der Waals surface area contributed by atoms with Crippen molar-refractivity contribution in [2.24, 2.45) is 0 Å². The second-order valence-corrected chi connectivity index (χ2v) is 12.1. The van der Waals surface area contributed by atoms with Crippen LogP contribution in [0.25, 0.3) is 0 Å². The zero-order valence-electron chi connectivity index (χ0n) is 21.4. The number of unbranched alkanes of at least 4 members (excludes halogenated alkanes) is 4. The summed E-state index contributed by atoms with van der Waals surface area (Å²) >= 11 is 16.3. The Morgan fingerprint density at radius 3 is 2.00 bits per heavy atom. The van der Waals surface area contributed by atoms with E-state index in [4.69, 9.17) is 33.6 Å². The van der Waals surface area contributed by atoms with Crippen molar-refractivity contribution in [1.29, 1.82) is 5.26 Å². The lowest BCUT2D eigenvalue weighted by atomic mass is 10.1. The number of halogens is 4. The third-order valence-corrected chi connectivity index (χ3v) is 7.75. The fourth-order valence-corrected chi connectivity index (χ4v) is 5.78. The van der Waals surface area contributed by atoms with Gasteiger partial charge in [0.25, 0.3) is 5.24 Å². The molecule has 0 aliphatic rings. The summed E-state index contributed by atoms with van der Waals surface area (Å²) in [6.07, 6.45) is 5.88. The number of aliphatic carboxylic acids is 1. The minimum atomic E-state index is -0.670. The van der Waals surface area contributed by atoms with Crippen LogP contribution in [0.1, 0.15) is 78.7 Å². The van der Waals surface area contributed by atoms with Crippen LogP contribution in [0.2, 0.25) is 0 Å². The van der Waals surface area contributed by atoms with Gasteiger partial charge in [-0.1, -0.05) is 67.6 Å². The summed E-state index contributed by atoms with van der Waals surface area (Å²) < 4.78 is 1.43. The Morgan fingerprint density at radius 2 is 1.61 bits per heavy atom. The first-order valence-corrected chi connectivity index (χ1v) is 15.5. The normalized spacial score (nSPS) is 10.7. The average molecular weight is 785 g/mol. The minimum Gasteiger partial charge on any atom is -0.506 e. The standard InChI is InChI=1S/C10H17Cl2NOS.C8H16O2.C7H3I2NO/c1-7(2)13(8(3)4)10(14)15-6-9(12)5-11;1-2-3-4-5-6-7-8(9)10;8-5-1-4(3-10)2-6(9)7(5)11/h5,7-8H,6H2,1-4H3;2-7H2,1H3,(H,9,10);1-2,11H/b9-5-;;. The van der Waals surface area contributed by atoms with Crippen LogP contribution in [0.15, 0.2) is 22.7 Å². The number of hydrogen-bond donors (Lipinski definition) is 2. The van der Waals surface area contributed by atoms with Gasteiger partial charge in [-0.15, -0.1) is 0 Å². The second-order valence-electron chi connectivity index (χ2n) is 8.16. The van der Waals surface area contributed by atoms with E-state index in [0.29, 0.717) is 29.9 Å². The number of amides is 1. The van der Waals surface area contributed by atoms with Gasteiger partial charge in [0.15, 0.2) is 0 Å². The van der Waals surface area contributed by atoms with E-state index in [1.165, 1.54) is 36.6 Å². The monoisotopic (exact) mass is 784 g/mol. The summed E-state index contributed by atoms with van der Waals surface area (Å²) in [5.41, 5.74) is 1.87. The fraction of sp³-hybridized carbons (Fsp3) is 0.560. The highest BCUT2D eigenvalue weighted by Gasteiger charge is 2.20. The molecule has 6 nitrogen and oxygen atoms in total. The van der Waals surface area contributed by atoms with Crippen LogP contribution in [0.5, 0.6) is 5.75 Å². The molecule has 0 aliphatic carbocycles. The molecule has 2 N–H and O–H groups in total. The van der Waals surface area contributed by atoms with Crippen LogP contribution < -0.4 is 0 Å². The number of carboxylic acid groups (broad SMARTS) is 1. The number of carbonyl (C=O) groups excluding carboxylic acids is 1. The van der Waals surface area contributed by atoms with E-state index in [9.17, 15) is 14.7 Å². The van der Waals surface area contributed by atoms with Gasteiger partial charge in [-0.25, -0.2) is 0 Å². The van der Waals surface area contributed by atoms with E-state index in [1.807, 2.05) is 83.8 Å². The van der Waals surface area contributed by atoms with Crippen LogP contribution >= 0.6 is 80.1 Å². The fourth-order valence-electron chi connectivity index (χ4n) is 2.76. The first-order valence-electron chi connectivity index (χ1n) is 11.5. The first kappa shape index (κ1) is 37.7. The van der Waals surface area contributed by atoms with Crippen molar-refractivity contribution >= 4 is 91.4 Å². The summed E-state index contributed by atoms with van der Waals surface area (Å²) in [6, 6.07) is 5.71. The van der Waals surface area contributed by atoms with E-state index in [-0.39, 0.29) is 23.1 Å². The number of thioether (sulfide) groups is 1. The number of benzene rings is 1. The minimum absolute atomic E-state index is 0.0386. The zero-order chi connectivity index (χ0) is 28.3. The van der Waals surface area contributed by atoms with Crippen molar-refractivity contribution in [3.8, 4) is 11.8 Å². The van der Waals surface area contributed by atoms with Crippen molar-refractivity contribution in [1.82, 2.24) is 4.90 Å². The number of nitriles is 1. The van der Waals surface area contributed by atoms with Crippen LogP contribution in [-0.4, -0.2) is 44.2 Å². The number of carboxylic acids is 1. The highest BCUT2D eigenvalue weighted by molar-refractivity contribution is 14.1. The quantitative estimate of drug-likeness (QED) is 0.181. The maximum atomic E-state index is 11.8. The van der Waals surface area contributed by atoms with E-state index in [2.05, 4.69) is 6.92 Å². The molecule has 1 rings (SSSR count). The molecular weight excluding hydrogens is 749 g/mol. The molecule has 0 fully saturated rings. The number of aromatic hydroxyl groups is 1. The molecule has 0 unspecified atom stereocenters. The molecule has 204 valence electrons. The Labute approximate surface area is 257 Å². The molecule has 36 heavy (non-hydrogen) atoms. The number of phenols is 1. The predicted molar refractivity (Wildman–Crippen MR) is 169 cm³/mol. The van der Waals surface area contributed by atoms with E-state index in [1.54, 1.807) is 12.1 Å². The van der Waals surface area contributed by atoms with Crippen molar-refractivity contribution in [2.75, 3.05) is 5.75 Å². The number of carbonyl (C=O) groups is 2. The maximum Gasteiger partial charge on any atom is 0.303 e. The van der Waals surface area contributed by atoms with E-state index in [0.717, 1.165) is 12.8 Å². The summed E-state index contributed by atoms with van der Waals surface area (Å²) in [6.45, 7) is 10.1. The Bertz CT molecular complexity index is 847. The molecule has 0 bridgehead atoms. The third-order valence-electron chi connectivity index (χ3n) is 4.42. The summed E-state index contributed by atoms with van der Waals surface area (Å²) in [7, 11) is 0. The number of rotatable bonds is 10. The second kappa shape index (κ2) is 22.6. The smallest absolute Gasteiger partial charge is 0.303 e. The molecule has 0 radical (unpaired) electrons. The van der Waals surface area contributed by atoms with Gasteiger partial charge >= 0.3 is 5.97 Å². The summed E-state index contributed by atoms with van der Waals surface area (Å²) in [5, 5.41) is 26.6. The zero-order valence-corrected chi connectivity index (χ0v) is 28.0. The molecule has 0 heterocycles. The largest absolute Gasteiger partial charge is 0.506 e. The van der Waals surface area contributed by atoms with Crippen molar-refractivity contribution < 1.29 is 19.8 Å². The predicted octanol–water partition coefficient (Wildman–Crippen LogP) is 9.18. The van der Waals surface area contributed by atoms with Crippen LogP contribution in [0.3, 0.4) is 0 Å². The Hall–Kier alpha value is -0.420. The van der Waals surface area contributed by atoms with Crippen molar-refractivity contribution in [3.05, 3.63) is 35.4 Å². The van der Waals surface area contributed by atoms with Crippen LogP contribution in [0.4, 0.5) is 4.79 Å². The lowest BCUT2D eigenvalue weighted by Crippen LogP contribution is -2.39. The lowest BCUT2D eigenvalue weighted by molar-refractivity contribution is -0.137. The molecule has 0 spiro atoms. The van der Waals surface area contributed by atoms with Gasteiger partial charge < -0.3 is 15.1 Å². The van der Waals surface area contributed by atoms with Crippen LogP contribution in [0, 0.1) is 18.5 Å². The van der Waals surface area contributed by atoms with Gasteiger partial charge in [-0.2, -0.15) is 5.26 Å². The van der Waals surface area contributed by atoms with Crippen molar-refractivity contribution in [3.63, 3.8) is 0 Å². The van der Waals surface area contributed by atoms with E-state index < -0.39 is 5.97 Å². The SMILES string of the molecule is CC(C)N(C(=O)SC/C(Cl)=C/Cl)C(C)C.CCCCCCCC(=O)O.N#Cc1cc(I)c(O)c(I)c1. The molecule has 0 atom stereocenters. The molecule has 0 aliphatic heterocycles. The molecular formula is C25H36Cl2I2N2O4S.